The number of hydrogen-bond donors (Lipinski definition) is 2. The van der Waals surface area contributed by atoms with Crippen LogP contribution in [0.1, 0.15) is 17.3 Å². The summed E-state index contributed by atoms with van der Waals surface area (Å²) in [7, 11) is 1.67. The van der Waals surface area contributed by atoms with E-state index in [1.807, 2.05) is 0 Å². The zero-order valence-corrected chi connectivity index (χ0v) is 10.5. The van der Waals surface area contributed by atoms with Crippen molar-refractivity contribution in [1.29, 1.82) is 0 Å². The van der Waals surface area contributed by atoms with Gasteiger partial charge in [0.1, 0.15) is 0 Å². The highest BCUT2D eigenvalue weighted by molar-refractivity contribution is 5.92. The molecule has 0 radical (unpaired) electrons. The van der Waals surface area contributed by atoms with E-state index in [4.69, 9.17) is 16.2 Å². The van der Waals surface area contributed by atoms with Crippen molar-refractivity contribution in [1.82, 2.24) is 0 Å². The summed E-state index contributed by atoms with van der Waals surface area (Å²) in [5.41, 5.74) is 12.3. The van der Waals surface area contributed by atoms with Crippen molar-refractivity contribution in [2.45, 2.75) is 6.92 Å². The number of carbonyl (C=O) groups excluding carboxylic acids is 2. The summed E-state index contributed by atoms with van der Waals surface area (Å²) in [6, 6.07) is 4.75. The van der Waals surface area contributed by atoms with Crippen LogP contribution in [0, 0.1) is 0 Å². The fourth-order valence-electron chi connectivity index (χ4n) is 1.53. The topological polar surface area (TPSA) is 98.7 Å². The highest BCUT2D eigenvalue weighted by Crippen LogP contribution is 2.23. The molecule has 0 bridgehead atoms. The van der Waals surface area contributed by atoms with Gasteiger partial charge in [0, 0.05) is 7.05 Å². The third-order valence-electron chi connectivity index (χ3n) is 2.35. The van der Waals surface area contributed by atoms with Crippen LogP contribution in [-0.2, 0) is 9.53 Å². The minimum Gasteiger partial charge on any atom is -0.462 e. The number of nitrogen functional groups attached to an aromatic ring is 1. The van der Waals surface area contributed by atoms with Gasteiger partial charge >= 0.3 is 5.97 Å². The molecule has 0 aromatic heterocycles. The SMILES string of the molecule is CCOC(=O)c1ccc(N)c(N(C)CC(N)=O)c1. The number of anilines is 2. The van der Waals surface area contributed by atoms with Crippen molar-refractivity contribution in [2.75, 3.05) is 30.8 Å². The Morgan fingerprint density at radius 3 is 2.61 bits per heavy atom. The van der Waals surface area contributed by atoms with Crippen LogP contribution in [0.5, 0.6) is 0 Å². The van der Waals surface area contributed by atoms with Crippen LogP contribution in [0.15, 0.2) is 18.2 Å². The van der Waals surface area contributed by atoms with Gasteiger partial charge in [-0.2, -0.15) is 0 Å². The first-order valence-corrected chi connectivity index (χ1v) is 5.51. The normalized spacial score (nSPS) is 9.89. The quantitative estimate of drug-likeness (QED) is 0.581. The van der Waals surface area contributed by atoms with Gasteiger partial charge in [-0.25, -0.2) is 4.79 Å². The zero-order chi connectivity index (χ0) is 13.7. The predicted molar refractivity (Wildman–Crippen MR) is 69.3 cm³/mol. The number of amides is 1. The van der Waals surface area contributed by atoms with Gasteiger partial charge in [0.05, 0.1) is 30.1 Å². The number of nitrogens with two attached hydrogens (primary N) is 2. The van der Waals surface area contributed by atoms with Gasteiger partial charge in [0.25, 0.3) is 0 Å². The summed E-state index contributed by atoms with van der Waals surface area (Å²) >= 11 is 0. The molecule has 0 saturated carbocycles. The van der Waals surface area contributed by atoms with Crippen LogP contribution >= 0.6 is 0 Å². The van der Waals surface area contributed by atoms with Crippen molar-refractivity contribution in [2.24, 2.45) is 5.73 Å². The van der Waals surface area contributed by atoms with Gasteiger partial charge in [0.2, 0.25) is 5.91 Å². The molecular weight excluding hydrogens is 234 g/mol. The second-order valence-corrected chi connectivity index (χ2v) is 3.82. The van der Waals surface area contributed by atoms with Crippen molar-refractivity contribution >= 4 is 23.3 Å². The average Bonchev–Trinajstić information content (AvgIpc) is 2.28. The number of hydrogen-bond acceptors (Lipinski definition) is 5. The molecule has 98 valence electrons. The minimum atomic E-state index is -0.474. The standard InChI is InChI=1S/C12H17N3O3/c1-3-18-12(17)8-4-5-9(13)10(6-8)15(2)7-11(14)16/h4-6H,3,7,13H2,1-2H3,(H2,14,16). The first kappa shape index (κ1) is 13.8. The van der Waals surface area contributed by atoms with E-state index in [-0.39, 0.29) is 6.54 Å². The van der Waals surface area contributed by atoms with E-state index in [0.717, 1.165) is 0 Å². The molecule has 0 spiro atoms. The number of nitrogens with zero attached hydrogens (tertiary/aromatic N) is 1. The number of benzene rings is 1. The van der Waals surface area contributed by atoms with E-state index in [1.54, 1.807) is 37.1 Å². The van der Waals surface area contributed by atoms with Crippen LogP contribution in [0.25, 0.3) is 0 Å². The maximum absolute atomic E-state index is 11.6. The van der Waals surface area contributed by atoms with Gasteiger partial charge in [-0.1, -0.05) is 0 Å². The molecule has 0 fully saturated rings. The van der Waals surface area contributed by atoms with E-state index in [1.165, 1.54) is 0 Å². The lowest BCUT2D eigenvalue weighted by atomic mass is 10.1. The van der Waals surface area contributed by atoms with Gasteiger partial charge in [0.15, 0.2) is 0 Å². The van der Waals surface area contributed by atoms with Crippen LogP contribution < -0.4 is 16.4 Å². The molecule has 0 saturated heterocycles. The van der Waals surface area contributed by atoms with Gasteiger partial charge in [-0.3, -0.25) is 4.79 Å². The average molecular weight is 251 g/mol. The molecule has 0 heterocycles. The molecule has 1 rings (SSSR count). The predicted octanol–water partition coefficient (Wildman–Crippen LogP) is 0.367. The van der Waals surface area contributed by atoms with E-state index in [0.29, 0.717) is 23.5 Å². The summed E-state index contributed by atoms with van der Waals surface area (Å²) in [5.74, 6) is -0.898. The Morgan fingerprint density at radius 1 is 1.39 bits per heavy atom. The molecule has 0 aliphatic heterocycles. The second-order valence-electron chi connectivity index (χ2n) is 3.82. The molecule has 0 aliphatic rings. The van der Waals surface area contributed by atoms with Gasteiger partial charge in [-0.15, -0.1) is 0 Å². The summed E-state index contributed by atoms with van der Waals surface area (Å²) in [6.45, 7) is 2.06. The molecule has 0 unspecified atom stereocenters. The van der Waals surface area contributed by atoms with Crippen LogP contribution in [0.3, 0.4) is 0 Å². The third kappa shape index (κ3) is 3.38. The Bertz CT molecular complexity index is 460. The molecule has 6 heteroatoms. The minimum absolute atomic E-state index is 0.0243. The summed E-state index contributed by atoms with van der Waals surface area (Å²) in [6.07, 6.45) is 0. The lowest BCUT2D eigenvalue weighted by Crippen LogP contribution is -2.31. The van der Waals surface area contributed by atoms with Crippen LogP contribution in [-0.4, -0.2) is 32.1 Å². The van der Waals surface area contributed by atoms with Gasteiger partial charge < -0.3 is 21.1 Å². The lowest BCUT2D eigenvalue weighted by Gasteiger charge is -2.19. The second kappa shape index (κ2) is 5.90. The van der Waals surface area contributed by atoms with E-state index in [2.05, 4.69) is 0 Å². The molecule has 6 nitrogen and oxygen atoms in total. The Labute approximate surface area is 105 Å². The molecule has 1 aromatic rings. The first-order valence-electron chi connectivity index (χ1n) is 5.51. The molecule has 0 atom stereocenters. The Hall–Kier alpha value is -2.24. The molecule has 1 amide bonds. The molecule has 0 aliphatic carbocycles. The maximum Gasteiger partial charge on any atom is 0.338 e. The summed E-state index contributed by atoms with van der Waals surface area (Å²) in [5, 5.41) is 0. The number of carbonyl (C=O) groups is 2. The number of primary amides is 1. The summed E-state index contributed by atoms with van der Waals surface area (Å²) < 4.78 is 4.89. The maximum atomic E-state index is 11.6. The Balaban J connectivity index is 3.00. The molecule has 4 N–H and O–H groups in total. The molecular formula is C12H17N3O3. The van der Waals surface area contributed by atoms with E-state index < -0.39 is 11.9 Å². The number of likely N-dealkylation sites (N-methyl/N-ethyl adjacent to an activating group) is 1. The zero-order valence-electron chi connectivity index (χ0n) is 10.5. The van der Waals surface area contributed by atoms with Crippen LogP contribution in [0.4, 0.5) is 11.4 Å². The van der Waals surface area contributed by atoms with Crippen molar-refractivity contribution < 1.29 is 14.3 Å². The van der Waals surface area contributed by atoms with Crippen LogP contribution in [0.2, 0.25) is 0 Å². The Kier molecular flexibility index (Phi) is 4.53. The molecule has 18 heavy (non-hydrogen) atoms. The monoisotopic (exact) mass is 251 g/mol. The van der Waals surface area contributed by atoms with E-state index >= 15 is 0 Å². The Morgan fingerprint density at radius 2 is 2.06 bits per heavy atom. The largest absolute Gasteiger partial charge is 0.462 e. The van der Waals surface area contributed by atoms with E-state index in [9.17, 15) is 9.59 Å². The van der Waals surface area contributed by atoms with Gasteiger partial charge in [-0.05, 0) is 25.1 Å². The summed E-state index contributed by atoms with van der Waals surface area (Å²) in [4.78, 5) is 24.0. The smallest absolute Gasteiger partial charge is 0.338 e. The van der Waals surface area contributed by atoms with Crippen molar-refractivity contribution in [3.63, 3.8) is 0 Å². The van der Waals surface area contributed by atoms with Crippen molar-refractivity contribution in [3.05, 3.63) is 23.8 Å². The fourth-order valence-corrected chi connectivity index (χ4v) is 1.53. The highest BCUT2D eigenvalue weighted by Gasteiger charge is 2.13. The lowest BCUT2D eigenvalue weighted by molar-refractivity contribution is -0.116. The third-order valence-corrected chi connectivity index (χ3v) is 2.35. The highest BCUT2D eigenvalue weighted by atomic mass is 16.5. The molecule has 1 aromatic carbocycles. The number of rotatable bonds is 5. The number of ether oxygens (including phenoxy) is 1. The number of esters is 1. The first-order chi connectivity index (χ1) is 8.45. The fraction of sp³-hybridized carbons (Fsp3) is 0.333. The van der Waals surface area contributed by atoms with Crippen molar-refractivity contribution in [3.8, 4) is 0 Å².